The number of nitriles is 1. The van der Waals surface area contributed by atoms with Gasteiger partial charge in [-0.15, -0.1) is 0 Å². The lowest BCUT2D eigenvalue weighted by Crippen LogP contribution is -2.05. The highest BCUT2D eigenvalue weighted by Gasteiger charge is 1.90. The molecule has 3 heteroatoms. The summed E-state index contributed by atoms with van der Waals surface area (Å²) in [6, 6.07) is 2.03. The van der Waals surface area contributed by atoms with E-state index in [1.165, 1.54) is 19.3 Å². The lowest BCUT2D eigenvalue weighted by Gasteiger charge is -2.03. The minimum Gasteiger partial charge on any atom is -0.379 e. The van der Waals surface area contributed by atoms with Gasteiger partial charge in [0.05, 0.1) is 32.3 Å². The quantitative estimate of drug-likeness (QED) is 0.508. The van der Waals surface area contributed by atoms with Gasteiger partial charge < -0.3 is 9.47 Å². The number of nitrogens with zero attached hydrogens (tertiary/aromatic N) is 1. The molecule has 0 aromatic rings. The maximum atomic E-state index is 8.23. The van der Waals surface area contributed by atoms with Crippen LogP contribution in [-0.2, 0) is 9.47 Å². The summed E-state index contributed by atoms with van der Waals surface area (Å²) in [5.74, 6) is 0. The Balaban J connectivity index is 2.82. The largest absolute Gasteiger partial charge is 0.379 e. The van der Waals surface area contributed by atoms with E-state index < -0.39 is 0 Å². The van der Waals surface area contributed by atoms with Crippen LogP contribution in [0.25, 0.3) is 0 Å². The zero-order valence-electron chi connectivity index (χ0n) is 9.13. The molecule has 0 bridgehead atoms. The van der Waals surface area contributed by atoms with E-state index in [1.54, 1.807) is 0 Å². The molecule has 0 unspecified atom stereocenters. The highest BCUT2D eigenvalue weighted by atomic mass is 16.5. The third kappa shape index (κ3) is 11.4. The third-order valence-electron chi connectivity index (χ3n) is 1.87. The van der Waals surface area contributed by atoms with Crippen LogP contribution in [0.3, 0.4) is 0 Å². The summed E-state index contributed by atoms with van der Waals surface area (Å²) in [5, 5.41) is 8.23. The lowest BCUT2D eigenvalue weighted by atomic mass is 10.2. The Hall–Kier alpha value is -0.590. The summed E-state index contributed by atoms with van der Waals surface area (Å²) in [5.41, 5.74) is 0. The molecule has 0 aliphatic carbocycles. The smallest absolute Gasteiger partial charge is 0.0700 e. The Labute approximate surface area is 87.0 Å². The SMILES string of the molecule is CCCCCCOCCOCCC#N. The van der Waals surface area contributed by atoms with Crippen LogP contribution >= 0.6 is 0 Å². The topological polar surface area (TPSA) is 42.2 Å². The fourth-order valence-electron chi connectivity index (χ4n) is 1.07. The van der Waals surface area contributed by atoms with Gasteiger partial charge in [0, 0.05) is 6.61 Å². The van der Waals surface area contributed by atoms with Gasteiger partial charge in [0.2, 0.25) is 0 Å². The average molecular weight is 199 g/mol. The first kappa shape index (κ1) is 13.4. The van der Waals surface area contributed by atoms with E-state index in [9.17, 15) is 0 Å². The van der Waals surface area contributed by atoms with E-state index in [0.717, 1.165) is 13.0 Å². The Morgan fingerprint density at radius 1 is 0.929 bits per heavy atom. The van der Waals surface area contributed by atoms with Crippen molar-refractivity contribution >= 4 is 0 Å². The van der Waals surface area contributed by atoms with Crippen LogP contribution in [0.4, 0.5) is 0 Å². The molecule has 0 aliphatic rings. The minimum absolute atomic E-state index is 0.469. The molecule has 0 aliphatic heterocycles. The van der Waals surface area contributed by atoms with Crippen molar-refractivity contribution in [3.63, 3.8) is 0 Å². The first-order valence-electron chi connectivity index (χ1n) is 5.44. The van der Waals surface area contributed by atoms with Crippen molar-refractivity contribution in [1.82, 2.24) is 0 Å². The van der Waals surface area contributed by atoms with E-state index in [2.05, 4.69) is 6.92 Å². The van der Waals surface area contributed by atoms with Crippen LogP contribution in [0.15, 0.2) is 0 Å². The molecule has 0 radical (unpaired) electrons. The lowest BCUT2D eigenvalue weighted by molar-refractivity contribution is 0.0483. The van der Waals surface area contributed by atoms with Gasteiger partial charge >= 0.3 is 0 Å². The number of rotatable bonds is 10. The van der Waals surface area contributed by atoms with Gasteiger partial charge in [-0.25, -0.2) is 0 Å². The molecule has 14 heavy (non-hydrogen) atoms. The van der Waals surface area contributed by atoms with Crippen molar-refractivity contribution in [2.24, 2.45) is 0 Å². The fourth-order valence-corrected chi connectivity index (χ4v) is 1.07. The Bertz CT molecular complexity index is 143. The molecule has 0 saturated carbocycles. The third-order valence-corrected chi connectivity index (χ3v) is 1.87. The van der Waals surface area contributed by atoms with Gasteiger partial charge in [-0.3, -0.25) is 0 Å². The predicted octanol–water partition coefficient (Wildman–Crippen LogP) is 2.51. The summed E-state index contributed by atoms with van der Waals surface area (Å²) in [4.78, 5) is 0. The first-order valence-corrected chi connectivity index (χ1v) is 5.44. The molecule has 0 spiro atoms. The Morgan fingerprint density at radius 2 is 1.64 bits per heavy atom. The molecule has 0 aromatic carbocycles. The highest BCUT2D eigenvalue weighted by molar-refractivity contribution is 4.66. The molecule has 0 saturated heterocycles. The maximum Gasteiger partial charge on any atom is 0.0700 e. The van der Waals surface area contributed by atoms with Crippen molar-refractivity contribution in [2.45, 2.75) is 39.0 Å². The molecule has 0 N–H and O–H groups in total. The average Bonchev–Trinajstić information content (AvgIpc) is 2.21. The van der Waals surface area contributed by atoms with Gasteiger partial charge in [-0.05, 0) is 6.42 Å². The molecule has 0 amide bonds. The maximum absolute atomic E-state index is 8.23. The minimum atomic E-state index is 0.469. The van der Waals surface area contributed by atoms with E-state index in [0.29, 0.717) is 26.2 Å². The monoisotopic (exact) mass is 199 g/mol. The fraction of sp³-hybridized carbons (Fsp3) is 0.909. The van der Waals surface area contributed by atoms with Gasteiger partial charge in [-0.2, -0.15) is 5.26 Å². The zero-order chi connectivity index (χ0) is 10.5. The number of hydrogen-bond acceptors (Lipinski definition) is 3. The second-order valence-corrected chi connectivity index (χ2v) is 3.19. The molecule has 0 heterocycles. The van der Waals surface area contributed by atoms with Crippen molar-refractivity contribution in [2.75, 3.05) is 26.4 Å². The van der Waals surface area contributed by atoms with E-state index in [-0.39, 0.29) is 0 Å². The summed E-state index contributed by atoms with van der Waals surface area (Å²) < 4.78 is 10.5. The van der Waals surface area contributed by atoms with Gasteiger partial charge in [0.1, 0.15) is 0 Å². The second-order valence-electron chi connectivity index (χ2n) is 3.19. The first-order chi connectivity index (χ1) is 6.91. The van der Waals surface area contributed by atoms with Crippen molar-refractivity contribution in [1.29, 1.82) is 5.26 Å². The van der Waals surface area contributed by atoms with Crippen molar-refractivity contribution < 1.29 is 9.47 Å². The van der Waals surface area contributed by atoms with Crippen LogP contribution in [0, 0.1) is 11.3 Å². The number of ether oxygens (including phenoxy) is 2. The van der Waals surface area contributed by atoms with Crippen LogP contribution < -0.4 is 0 Å². The van der Waals surface area contributed by atoms with Crippen LogP contribution in [0.5, 0.6) is 0 Å². The molecule has 82 valence electrons. The Kier molecular flexibility index (Phi) is 11.9. The second kappa shape index (κ2) is 12.4. The molecule has 0 atom stereocenters. The Morgan fingerprint density at radius 3 is 2.29 bits per heavy atom. The van der Waals surface area contributed by atoms with E-state index in [1.807, 2.05) is 6.07 Å². The van der Waals surface area contributed by atoms with Gasteiger partial charge in [0.25, 0.3) is 0 Å². The van der Waals surface area contributed by atoms with Crippen LogP contribution in [0.2, 0.25) is 0 Å². The van der Waals surface area contributed by atoms with Crippen LogP contribution in [0.1, 0.15) is 39.0 Å². The predicted molar refractivity (Wildman–Crippen MR) is 56.0 cm³/mol. The number of hydrogen-bond donors (Lipinski definition) is 0. The molecule has 0 aromatic heterocycles. The van der Waals surface area contributed by atoms with E-state index >= 15 is 0 Å². The summed E-state index contributed by atoms with van der Waals surface area (Å²) >= 11 is 0. The van der Waals surface area contributed by atoms with Gasteiger partial charge in [-0.1, -0.05) is 26.2 Å². The van der Waals surface area contributed by atoms with Crippen LogP contribution in [-0.4, -0.2) is 26.4 Å². The molecular formula is C11H21NO2. The molecular weight excluding hydrogens is 178 g/mol. The van der Waals surface area contributed by atoms with Crippen molar-refractivity contribution in [3.05, 3.63) is 0 Å². The van der Waals surface area contributed by atoms with E-state index in [4.69, 9.17) is 14.7 Å². The summed E-state index contributed by atoms with van der Waals surface area (Å²) in [6.07, 6.45) is 5.42. The summed E-state index contributed by atoms with van der Waals surface area (Å²) in [6.45, 7) is 4.81. The van der Waals surface area contributed by atoms with Crippen molar-refractivity contribution in [3.8, 4) is 6.07 Å². The molecule has 0 fully saturated rings. The molecule has 0 rings (SSSR count). The number of unbranched alkanes of at least 4 members (excludes halogenated alkanes) is 3. The normalized spacial score (nSPS) is 10.0. The summed E-state index contributed by atoms with van der Waals surface area (Å²) in [7, 11) is 0. The highest BCUT2D eigenvalue weighted by Crippen LogP contribution is 1.98. The standard InChI is InChI=1S/C11H21NO2/c1-2-3-4-5-8-13-10-11-14-9-6-7-12/h2-6,8-11H2,1H3. The molecule has 3 nitrogen and oxygen atoms in total. The zero-order valence-corrected chi connectivity index (χ0v) is 9.13. The van der Waals surface area contributed by atoms with Gasteiger partial charge in [0.15, 0.2) is 0 Å².